The molecular formula is C11H9F3N5O2S-. The standard InChI is InChI=1S/C11H9F3N5O2S/c1-10(6-2-4-7(5-3-6)19(20)21)17-18-8(11(12,13)14)15-16-9(18)22-10/h2-5,17,20H,1H3/q-1. The Hall–Kier alpha value is -1.98. The lowest BCUT2D eigenvalue weighted by Gasteiger charge is -2.26. The van der Waals surface area contributed by atoms with Crippen LogP contribution >= 0.6 is 11.8 Å². The average Bonchev–Trinajstić information content (AvgIpc) is 2.94. The molecule has 2 aromatic rings. The summed E-state index contributed by atoms with van der Waals surface area (Å²) in [6.07, 6.45) is -4.62. The molecule has 1 unspecified atom stereocenters. The Balaban J connectivity index is 1.92. The molecule has 0 amide bonds. The van der Waals surface area contributed by atoms with Gasteiger partial charge in [0, 0.05) is 0 Å². The molecular weight excluding hydrogens is 323 g/mol. The highest BCUT2D eigenvalue weighted by Gasteiger charge is 2.45. The van der Waals surface area contributed by atoms with Crippen LogP contribution in [0.1, 0.15) is 18.3 Å². The second kappa shape index (κ2) is 4.76. The molecule has 0 bridgehead atoms. The van der Waals surface area contributed by atoms with Crippen molar-refractivity contribution in [2.24, 2.45) is 0 Å². The van der Waals surface area contributed by atoms with Crippen LogP contribution in [0.5, 0.6) is 0 Å². The predicted octanol–water partition coefficient (Wildman–Crippen LogP) is 2.51. The van der Waals surface area contributed by atoms with E-state index in [0.29, 0.717) is 5.56 Å². The number of hydrogen-bond donors (Lipinski definition) is 2. The van der Waals surface area contributed by atoms with Crippen molar-refractivity contribution in [1.29, 1.82) is 0 Å². The lowest BCUT2D eigenvalue weighted by Crippen LogP contribution is -2.32. The lowest BCUT2D eigenvalue weighted by atomic mass is 10.1. The van der Waals surface area contributed by atoms with Gasteiger partial charge in [-0.15, -0.1) is 10.2 Å². The highest BCUT2D eigenvalue weighted by molar-refractivity contribution is 8.00. The minimum absolute atomic E-state index is 0.0192. The van der Waals surface area contributed by atoms with Crippen molar-refractivity contribution in [3.05, 3.63) is 40.9 Å². The van der Waals surface area contributed by atoms with E-state index in [1.54, 1.807) is 6.92 Å². The van der Waals surface area contributed by atoms with E-state index < -0.39 is 16.9 Å². The molecule has 2 N–H and O–H groups in total. The fourth-order valence-electron chi connectivity index (χ4n) is 2.07. The number of nitrogens with one attached hydrogen (secondary N) is 1. The number of rotatable bonds is 2. The zero-order chi connectivity index (χ0) is 16.1. The summed E-state index contributed by atoms with van der Waals surface area (Å²) in [7, 11) is 0. The Morgan fingerprint density at radius 2 is 1.95 bits per heavy atom. The summed E-state index contributed by atoms with van der Waals surface area (Å²) in [5.74, 6) is -1.13. The lowest BCUT2D eigenvalue weighted by molar-refractivity contribution is -0.147. The number of alkyl halides is 3. The third-order valence-corrected chi connectivity index (χ3v) is 4.33. The van der Waals surface area contributed by atoms with Gasteiger partial charge in [-0.05, 0) is 24.6 Å². The Morgan fingerprint density at radius 3 is 2.50 bits per heavy atom. The van der Waals surface area contributed by atoms with Gasteiger partial charge in [-0.3, -0.25) is 5.21 Å². The molecule has 1 aliphatic heterocycles. The molecule has 0 radical (unpaired) electrons. The first kappa shape index (κ1) is 14.9. The van der Waals surface area contributed by atoms with Gasteiger partial charge in [-0.2, -0.15) is 13.2 Å². The summed E-state index contributed by atoms with van der Waals surface area (Å²) in [5, 5.41) is 26.0. The number of thioether (sulfide) groups is 1. The van der Waals surface area contributed by atoms with Gasteiger partial charge in [0.25, 0.3) is 5.82 Å². The minimum atomic E-state index is -4.62. The summed E-state index contributed by atoms with van der Waals surface area (Å²) in [4.78, 5) is -0.910. The molecule has 11 heteroatoms. The number of halogens is 3. The Kier molecular flexibility index (Phi) is 3.23. The maximum atomic E-state index is 12.8. The van der Waals surface area contributed by atoms with Crippen molar-refractivity contribution in [1.82, 2.24) is 14.9 Å². The van der Waals surface area contributed by atoms with Gasteiger partial charge in [0.15, 0.2) is 0 Å². The van der Waals surface area contributed by atoms with Crippen LogP contribution in [0, 0.1) is 5.21 Å². The third-order valence-electron chi connectivity index (χ3n) is 3.15. The molecule has 1 aromatic carbocycles. The largest absolute Gasteiger partial charge is 0.733 e. The van der Waals surface area contributed by atoms with Crippen LogP contribution in [0.3, 0.4) is 0 Å². The van der Waals surface area contributed by atoms with Crippen LogP contribution < -0.4 is 10.7 Å². The van der Waals surface area contributed by atoms with Gasteiger partial charge in [-0.25, -0.2) is 4.68 Å². The van der Waals surface area contributed by atoms with Crippen molar-refractivity contribution in [2.45, 2.75) is 23.1 Å². The first-order valence-electron chi connectivity index (χ1n) is 5.97. The number of fused-ring (bicyclic) bond motifs is 1. The SMILES string of the molecule is CC1(c2ccc(N([O-])O)cc2)Nn2c(nnc2C(F)(F)F)S1. The molecule has 1 aliphatic rings. The first-order valence-corrected chi connectivity index (χ1v) is 6.79. The smallest absolute Gasteiger partial charge is 0.453 e. The molecule has 0 saturated carbocycles. The van der Waals surface area contributed by atoms with Gasteiger partial charge >= 0.3 is 6.18 Å². The Bertz CT molecular complexity index is 703. The highest BCUT2D eigenvalue weighted by atomic mass is 32.2. The van der Waals surface area contributed by atoms with Crippen LogP contribution in [-0.4, -0.2) is 20.1 Å². The number of anilines is 1. The highest BCUT2D eigenvalue weighted by Crippen LogP contribution is 2.45. The van der Waals surface area contributed by atoms with E-state index in [-0.39, 0.29) is 16.1 Å². The second-order valence-electron chi connectivity index (χ2n) is 4.71. The van der Waals surface area contributed by atoms with Crippen molar-refractivity contribution in [2.75, 3.05) is 10.7 Å². The fourth-order valence-corrected chi connectivity index (χ4v) is 3.13. The van der Waals surface area contributed by atoms with Gasteiger partial charge < -0.3 is 15.9 Å². The molecule has 0 aliphatic carbocycles. The number of hydrogen-bond acceptors (Lipinski definition) is 7. The molecule has 1 aromatic heterocycles. The quantitative estimate of drug-likeness (QED) is 0.817. The molecule has 1 atom stereocenters. The topological polar surface area (TPSA) is 89.3 Å². The summed E-state index contributed by atoms with van der Waals surface area (Å²) in [5.41, 5.74) is 3.34. The molecule has 2 heterocycles. The average molecular weight is 332 g/mol. The number of aromatic nitrogens is 3. The monoisotopic (exact) mass is 332 g/mol. The number of nitrogens with zero attached hydrogens (tertiary/aromatic N) is 4. The maximum Gasteiger partial charge on any atom is 0.453 e. The zero-order valence-electron chi connectivity index (χ0n) is 11.0. The molecule has 22 heavy (non-hydrogen) atoms. The summed E-state index contributed by atoms with van der Waals surface area (Å²) < 4.78 is 39.3. The van der Waals surface area contributed by atoms with Gasteiger partial charge in [-0.1, -0.05) is 23.9 Å². The first-order chi connectivity index (χ1) is 10.2. The van der Waals surface area contributed by atoms with Crippen molar-refractivity contribution < 1.29 is 18.4 Å². The van der Waals surface area contributed by atoms with Gasteiger partial charge in [0.1, 0.15) is 4.87 Å². The molecule has 7 nitrogen and oxygen atoms in total. The maximum absolute atomic E-state index is 12.8. The summed E-state index contributed by atoms with van der Waals surface area (Å²) >= 11 is 1.07. The predicted molar refractivity (Wildman–Crippen MR) is 71.7 cm³/mol. The van der Waals surface area contributed by atoms with Crippen LogP contribution in [0.2, 0.25) is 0 Å². The molecule has 0 spiro atoms. The van der Waals surface area contributed by atoms with E-state index in [2.05, 4.69) is 15.6 Å². The van der Waals surface area contributed by atoms with E-state index in [4.69, 9.17) is 5.21 Å². The molecule has 0 saturated heterocycles. The molecule has 0 fully saturated rings. The zero-order valence-corrected chi connectivity index (χ0v) is 11.8. The van der Waals surface area contributed by atoms with Crippen molar-refractivity contribution >= 4 is 17.4 Å². The van der Waals surface area contributed by atoms with E-state index in [0.717, 1.165) is 16.4 Å². The molecule has 118 valence electrons. The van der Waals surface area contributed by atoms with Crippen LogP contribution in [0.25, 0.3) is 0 Å². The van der Waals surface area contributed by atoms with E-state index in [9.17, 15) is 18.4 Å². The van der Waals surface area contributed by atoms with E-state index >= 15 is 0 Å². The molecule has 3 rings (SSSR count). The van der Waals surface area contributed by atoms with Crippen molar-refractivity contribution in [3.8, 4) is 0 Å². The minimum Gasteiger partial charge on any atom is -0.733 e. The van der Waals surface area contributed by atoms with Crippen molar-refractivity contribution in [3.63, 3.8) is 0 Å². The normalized spacial score (nSPS) is 20.6. The summed E-state index contributed by atoms with van der Waals surface area (Å²) in [6, 6.07) is 5.78. The fraction of sp³-hybridized carbons (Fsp3) is 0.273. The van der Waals surface area contributed by atoms with Gasteiger partial charge in [0.2, 0.25) is 5.16 Å². The number of benzene rings is 1. The third kappa shape index (κ3) is 2.36. The van der Waals surface area contributed by atoms with Crippen LogP contribution in [0.4, 0.5) is 18.9 Å². The second-order valence-corrected chi connectivity index (χ2v) is 6.09. The van der Waals surface area contributed by atoms with E-state index in [1.807, 2.05) is 0 Å². The van der Waals surface area contributed by atoms with Gasteiger partial charge in [0.05, 0.1) is 5.69 Å². The van der Waals surface area contributed by atoms with Crippen LogP contribution in [-0.2, 0) is 11.0 Å². The van der Waals surface area contributed by atoms with E-state index in [1.165, 1.54) is 24.3 Å². The Labute approximate surface area is 126 Å². The Morgan fingerprint density at radius 1 is 1.32 bits per heavy atom. The summed E-state index contributed by atoms with van der Waals surface area (Å²) in [6.45, 7) is 1.68. The van der Waals surface area contributed by atoms with Crippen LogP contribution in [0.15, 0.2) is 29.4 Å².